The van der Waals surface area contributed by atoms with Gasteiger partial charge in [0.05, 0.1) is 6.54 Å². The molecule has 1 amide bonds. The molecule has 3 heteroatoms. The van der Waals surface area contributed by atoms with Gasteiger partial charge in [0.15, 0.2) is 0 Å². The van der Waals surface area contributed by atoms with Crippen LogP contribution in [0.25, 0.3) is 0 Å². The van der Waals surface area contributed by atoms with E-state index in [9.17, 15) is 4.79 Å². The molecule has 1 rings (SSSR count). The van der Waals surface area contributed by atoms with Crippen LogP contribution in [0.4, 0.5) is 0 Å². The molecule has 2 N–H and O–H groups in total. The highest BCUT2D eigenvalue weighted by Gasteiger charge is 2.10. The maximum atomic E-state index is 11.8. The number of amides is 1. The average molecular weight is 262 g/mol. The lowest BCUT2D eigenvalue weighted by Crippen LogP contribution is -2.40. The highest BCUT2D eigenvalue weighted by Crippen LogP contribution is 2.12. The molecule has 0 saturated carbocycles. The molecule has 0 radical (unpaired) electrons. The van der Waals surface area contributed by atoms with Crippen molar-refractivity contribution >= 4 is 5.91 Å². The smallest absolute Gasteiger partial charge is 0.234 e. The Labute approximate surface area is 116 Å². The molecule has 0 aromatic heterocycles. The largest absolute Gasteiger partial charge is 0.352 e. The summed E-state index contributed by atoms with van der Waals surface area (Å²) in [7, 11) is 0. The summed E-state index contributed by atoms with van der Waals surface area (Å²) in [6.45, 7) is 8.71. The molecule has 106 valence electrons. The predicted molar refractivity (Wildman–Crippen MR) is 80.1 cm³/mol. The minimum absolute atomic E-state index is 0.0765. The number of carbonyl (C=O) groups is 1. The van der Waals surface area contributed by atoms with E-state index in [2.05, 4.69) is 62.6 Å². The molecular formula is C16H26N2O. The van der Waals surface area contributed by atoms with Crippen molar-refractivity contribution in [1.82, 2.24) is 10.6 Å². The number of hydrogen-bond acceptors (Lipinski definition) is 2. The summed E-state index contributed by atoms with van der Waals surface area (Å²) in [4.78, 5) is 11.8. The fourth-order valence-corrected chi connectivity index (χ4v) is 1.99. The van der Waals surface area contributed by atoms with Gasteiger partial charge >= 0.3 is 0 Å². The molecule has 0 unspecified atom stereocenters. The lowest BCUT2D eigenvalue weighted by atomic mass is 10.1. The van der Waals surface area contributed by atoms with Crippen LogP contribution in [0.5, 0.6) is 0 Å². The van der Waals surface area contributed by atoms with Gasteiger partial charge in [-0.25, -0.2) is 0 Å². The molecule has 0 fully saturated rings. The SMILES string of the molecule is CCC(CC)NC(=O)CN[C@@H](C)c1ccc(C)cc1. The summed E-state index contributed by atoms with van der Waals surface area (Å²) in [6.07, 6.45) is 1.96. The number of nitrogens with one attached hydrogen (secondary N) is 2. The van der Waals surface area contributed by atoms with Crippen LogP contribution in [-0.2, 0) is 4.79 Å². The first-order valence-electron chi connectivity index (χ1n) is 7.16. The Bertz CT molecular complexity index is 382. The predicted octanol–water partition coefficient (Wildman–Crippen LogP) is 2.95. The Kier molecular flexibility index (Phi) is 6.57. The van der Waals surface area contributed by atoms with Crippen LogP contribution in [0.3, 0.4) is 0 Å². The van der Waals surface area contributed by atoms with Gasteiger partial charge in [0.2, 0.25) is 5.91 Å². The quantitative estimate of drug-likeness (QED) is 0.793. The van der Waals surface area contributed by atoms with Gasteiger partial charge in [-0.2, -0.15) is 0 Å². The maximum absolute atomic E-state index is 11.8. The van der Waals surface area contributed by atoms with Gasteiger partial charge in [0.1, 0.15) is 0 Å². The Morgan fingerprint density at radius 3 is 2.26 bits per heavy atom. The van der Waals surface area contributed by atoms with Gasteiger partial charge < -0.3 is 10.6 Å². The van der Waals surface area contributed by atoms with Crippen LogP contribution >= 0.6 is 0 Å². The van der Waals surface area contributed by atoms with E-state index in [1.807, 2.05) is 0 Å². The molecule has 0 saturated heterocycles. The van der Waals surface area contributed by atoms with Crippen LogP contribution in [0.1, 0.15) is 50.8 Å². The van der Waals surface area contributed by atoms with Crippen molar-refractivity contribution in [2.75, 3.05) is 6.54 Å². The van der Waals surface area contributed by atoms with Crippen molar-refractivity contribution in [1.29, 1.82) is 0 Å². The molecule has 0 aliphatic heterocycles. The minimum Gasteiger partial charge on any atom is -0.352 e. The summed E-state index contributed by atoms with van der Waals surface area (Å²) in [6, 6.07) is 8.88. The Balaban J connectivity index is 2.39. The van der Waals surface area contributed by atoms with Gasteiger partial charge in [0.25, 0.3) is 0 Å². The molecule has 1 atom stereocenters. The highest BCUT2D eigenvalue weighted by atomic mass is 16.1. The third-order valence-electron chi connectivity index (χ3n) is 3.50. The van der Waals surface area contributed by atoms with Crippen LogP contribution in [0, 0.1) is 6.92 Å². The summed E-state index contributed by atoms with van der Waals surface area (Å²) in [5.41, 5.74) is 2.46. The van der Waals surface area contributed by atoms with Crippen LogP contribution in [0.2, 0.25) is 0 Å². The molecule has 0 aliphatic rings. The summed E-state index contributed by atoms with van der Waals surface area (Å²) in [5.74, 6) is 0.0765. The van der Waals surface area contributed by atoms with Crippen molar-refractivity contribution in [2.24, 2.45) is 0 Å². The van der Waals surface area contributed by atoms with Crippen molar-refractivity contribution < 1.29 is 4.79 Å². The fourth-order valence-electron chi connectivity index (χ4n) is 1.99. The number of carbonyl (C=O) groups excluding carboxylic acids is 1. The highest BCUT2D eigenvalue weighted by molar-refractivity contribution is 5.78. The normalized spacial score (nSPS) is 12.5. The lowest BCUT2D eigenvalue weighted by molar-refractivity contribution is -0.121. The van der Waals surface area contributed by atoms with Gasteiger partial charge in [-0.3, -0.25) is 4.79 Å². The molecule has 1 aromatic carbocycles. The monoisotopic (exact) mass is 262 g/mol. The Morgan fingerprint density at radius 1 is 1.16 bits per heavy atom. The van der Waals surface area contributed by atoms with Gasteiger partial charge in [0, 0.05) is 12.1 Å². The van der Waals surface area contributed by atoms with Crippen LogP contribution in [-0.4, -0.2) is 18.5 Å². The van der Waals surface area contributed by atoms with Crippen molar-refractivity contribution in [3.63, 3.8) is 0 Å². The molecule has 0 aliphatic carbocycles. The Morgan fingerprint density at radius 2 is 1.74 bits per heavy atom. The third-order valence-corrected chi connectivity index (χ3v) is 3.50. The van der Waals surface area contributed by atoms with Gasteiger partial charge in [-0.1, -0.05) is 43.7 Å². The maximum Gasteiger partial charge on any atom is 0.234 e. The zero-order valence-corrected chi connectivity index (χ0v) is 12.5. The first-order valence-corrected chi connectivity index (χ1v) is 7.16. The Hall–Kier alpha value is -1.35. The molecule has 0 heterocycles. The van der Waals surface area contributed by atoms with Crippen molar-refractivity contribution in [3.8, 4) is 0 Å². The third kappa shape index (κ3) is 5.43. The fraction of sp³-hybridized carbons (Fsp3) is 0.562. The molecule has 0 bridgehead atoms. The van der Waals surface area contributed by atoms with Crippen LogP contribution < -0.4 is 10.6 Å². The van der Waals surface area contributed by atoms with E-state index in [-0.39, 0.29) is 11.9 Å². The number of benzene rings is 1. The second-order valence-electron chi connectivity index (χ2n) is 5.09. The minimum atomic E-state index is 0.0765. The molecular weight excluding hydrogens is 236 g/mol. The van der Waals surface area contributed by atoms with Crippen LogP contribution in [0.15, 0.2) is 24.3 Å². The van der Waals surface area contributed by atoms with E-state index in [0.717, 1.165) is 12.8 Å². The van der Waals surface area contributed by atoms with Crippen molar-refractivity contribution in [3.05, 3.63) is 35.4 Å². The van der Waals surface area contributed by atoms with E-state index in [0.29, 0.717) is 12.6 Å². The topological polar surface area (TPSA) is 41.1 Å². The zero-order valence-electron chi connectivity index (χ0n) is 12.5. The van der Waals surface area contributed by atoms with Gasteiger partial charge in [-0.05, 0) is 32.3 Å². The first-order chi connectivity index (χ1) is 9.06. The first kappa shape index (κ1) is 15.7. The van der Waals surface area contributed by atoms with E-state index >= 15 is 0 Å². The van der Waals surface area contributed by atoms with E-state index in [1.54, 1.807) is 0 Å². The van der Waals surface area contributed by atoms with Crippen molar-refractivity contribution in [2.45, 2.75) is 52.6 Å². The van der Waals surface area contributed by atoms with Gasteiger partial charge in [-0.15, -0.1) is 0 Å². The second kappa shape index (κ2) is 7.95. The summed E-state index contributed by atoms with van der Waals surface area (Å²) >= 11 is 0. The van der Waals surface area contributed by atoms with E-state index in [4.69, 9.17) is 0 Å². The number of aryl methyl sites for hydroxylation is 1. The van der Waals surface area contributed by atoms with E-state index in [1.165, 1.54) is 11.1 Å². The molecule has 19 heavy (non-hydrogen) atoms. The lowest BCUT2D eigenvalue weighted by Gasteiger charge is -2.17. The number of rotatable bonds is 7. The number of hydrogen-bond donors (Lipinski definition) is 2. The summed E-state index contributed by atoms with van der Waals surface area (Å²) < 4.78 is 0. The molecule has 1 aromatic rings. The second-order valence-corrected chi connectivity index (χ2v) is 5.09. The zero-order chi connectivity index (χ0) is 14.3. The molecule has 0 spiro atoms. The van der Waals surface area contributed by atoms with E-state index < -0.39 is 0 Å². The standard InChI is InChI=1S/C16H26N2O/c1-5-15(6-2)18-16(19)11-17-13(4)14-9-7-12(3)8-10-14/h7-10,13,15,17H,5-6,11H2,1-4H3,(H,18,19)/t13-/m0/s1. The average Bonchev–Trinajstić information content (AvgIpc) is 2.43. The molecule has 3 nitrogen and oxygen atoms in total. The summed E-state index contributed by atoms with van der Waals surface area (Å²) in [5, 5.41) is 6.29.